The number of aliphatic hydroxyl groups excluding tert-OH is 1. The lowest BCUT2D eigenvalue weighted by molar-refractivity contribution is 0.182. The highest BCUT2D eigenvalue weighted by atomic mass is 32.2. The number of hydrogen-bond acceptors (Lipinski definition) is 4. The van der Waals surface area contributed by atoms with Gasteiger partial charge in [-0.3, -0.25) is 0 Å². The molecule has 6 nitrogen and oxygen atoms in total. The second kappa shape index (κ2) is 7.40. The van der Waals surface area contributed by atoms with E-state index in [0.717, 1.165) is 26.1 Å². The molecule has 1 rings (SSSR count). The Hall–Kier alpha value is -0.210. The molecule has 1 heterocycles. The smallest absolute Gasteiger partial charge is 0.281 e. The summed E-state index contributed by atoms with van der Waals surface area (Å²) in [5, 5.41) is 8.74. The fourth-order valence-corrected chi connectivity index (χ4v) is 3.48. The van der Waals surface area contributed by atoms with Crippen LogP contribution in [0.25, 0.3) is 0 Å². The summed E-state index contributed by atoms with van der Waals surface area (Å²) in [6.07, 6.45) is 1.58. The van der Waals surface area contributed by atoms with E-state index in [4.69, 9.17) is 5.11 Å². The number of hydrogen-bond donors (Lipinski definition) is 1. The molecule has 7 heteroatoms. The average Bonchev–Trinajstić information content (AvgIpc) is 2.37. The molecule has 0 spiro atoms. The zero-order valence-electron chi connectivity index (χ0n) is 11.4. The molecule has 0 saturated carbocycles. The Kier molecular flexibility index (Phi) is 6.51. The Labute approximate surface area is 110 Å². The van der Waals surface area contributed by atoms with Crippen molar-refractivity contribution in [1.29, 1.82) is 0 Å². The summed E-state index contributed by atoms with van der Waals surface area (Å²) in [4.78, 5) is 2.29. The second-order valence-corrected chi connectivity index (χ2v) is 6.68. The first-order valence-corrected chi connectivity index (χ1v) is 7.96. The van der Waals surface area contributed by atoms with Crippen molar-refractivity contribution in [2.75, 3.05) is 52.9 Å². The Bertz CT molecular complexity index is 326. The maximum Gasteiger partial charge on any atom is 0.281 e. The third-order valence-electron chi connectivity index (χ3n) is 3.22. The molecule has 18 heavy (non-hydrogen) atoms. The van der Waals surface area contributed by atoms with Crippen LogP contribution in [0.2, 0.25) is 0 Å². The van der Waals surface area contributed by atoms with Crippen LogP contribution in [0, 0.1) is 0 Å². The number of aliphatic hydroxyl groups is 1. The van der Waals surface area contributed by atoms with Crippen molar-refractivity contribution in [3.63, 3.8) is 0 Å². The quantitative estimate of drug-likeness (QED) is 0.687. The van der Waals surface area contributed by atoms with Gasteiger partial charge in [0.05, 0.1) is 0 Å². The Balaban J connectivity index is 2.49. The van der Waals surface area contributed by atoms with E-state index < -0.39 is 10.2 Å². The van der Waals surface area contributed by atoms with Gasteiger partial charge in [-0.25, -0.2) is 0 Å². The molecular weight excluding hydrogens is 254 g/mol. The van der Waals surface area contributed by atoms with Crippen molar-refractivity contribution >= 4 is 10.2 Å². The highest BCUT2D eigenvalue weighted by Gasteiger charge is 2.29. The minimum atomic E-state index is -3.34. The summed E-state index contributed by atoms with van der Waals surface area (Å²) in [5.41, 5.74) is 0. The minimum absolute atomic E-state index is 0.0180. The van der Waals surface area contributed by atoms with Crippen LogP contribution in [0.5, 0.6) is 0 Å². The molecular formula is C11H25N3O3S. The molecule has 0 radical (unpaired) electrons. The fourth-order valence-electron chi connectivity index (χ4n) is 2.11. The SMILES string of the molecule is CCCN1CCN(S(=O)(=O)N(C)CCCO)CC1. The minimum Gasteiger partial charge on any atom is -0.396 e. The lowest BCUT2D eigenvalue weighted by Gasteiger charge is -2.35. The predicted molar refractivity (Wildman–Crippen MR) is 71.6 cm³/mol. The topological polar surface area (TPSA) is 64.1 Å². The van der Waals surface area contributed by atoms with Crippen molar-refractivity contribution in [2.45, 2.75) is 19.8 Å². The summed E-state index contributed by atoms with van der Waals surface area (Å²) in [6.45, 7) is 6.29. The van der Waals surface area contributed by atoms with Gasteiger partial charge in [0.2, 0.25) is 0 Å². The summed E-state index contributed by atoms with van der Waals surface area (Å²) < 4.78 is 27.3. The molecule has 1 aliphatic rings. The van der Waals surface area contributed by atoms with Crippen LogP contribution in [-0.2, 0) is 10.2 Å². The Morgan fingerprint density at radius 2 is 1.83 bits per heavy atom. The van der Waals surface area contributed by atoms with Crippen molar-refractivity contribution in [3.8, 4) is 0 Å². The van der Waals surface area contributed by atoms with Crippen LogP contribution in [-0.4, -0.2) is 80.0 Å². The van der Waals surface area contributed by atoms with Crippen LogP contribution in [0.3, 0.4) is 0 Å². The number of piperazine rings is 1. The van der Waals surface area contributed by atoms with Crippen molar-refractivity contribution in [3.05, 3.63) is 0 Å². The molecule has 1 saturated heterocycles. The van der Waals surface area contributed by atoms with E-state index in [0.29, 0.717) is 26.1 Å². The first-order valence-electron chi connectivity index (χ1n) is 6.57. The normalized spacial score (nSPS) is 19.6. The summed E-state index contributed by atoms with van der Waals surface area (Å²) in [7, 11) is -1.77. The van der Waals surface area contributed by atoms with Crippen LogP contribution in [0.4, 0.5) is 0 Å². The van der Waals surface area contributed by atoms with E-state index in [1.807, 2.05) is 0 Å². The van der Waals surface area contributed by atoms with Crippen LogP contribution >= 0.6 is 0 Å². The van der Waals surface area contributed by atoms with E-state index in [-0.39, 0.29) is 6.61 Å². The van der Waals surface area contributed by atoms with Gasteiger partial charge in [-0.2, -0.15) is 17.0 Å². The summed E-state index contributed by atoms with van der Waals surface area (Å²) in [5.74, 6) is 0. The first-order chi connectivity index (χ1) is 8.52. The van der Waals surface area contributed by atoms with Gasteiger partial charge in [-0.1, -0.05) is 6.92 Å². The first kappa shape index (κ1) is 15.8. The molecule has 0 aliphatic carbocycles. The van der Waals surface area contributed by atoms with Crippen molar-refractivity contribution < 1.29 is 13.5 Å². The van der Waals surface area contributed by atoms with E-state index in [1.54, 1.807) is 7.05 Å². The van der Waals surface area contributed by atoms with Gasteiger partial charge in [0.15, 0.2) is 0 Å². The molecule has 0 aromatic rings. The fraction of sp³-hybridized carbons (Fsp3) is 1.00. The van der Waals surface area contributed by atoms with Gasteiger partial charge in [0.25, 0.3) is 10.2 Å². The van der Waals surface area contributed by atoms with Gasteiger partial charge < -0.3 is 10.0 Å². The molecule has 1 N–H and O–H groups in total. The molecule has 0 unspecified atom stereocenters. The largest absolute Gasteiger partial charge is 0.396 e. The monoisotopic (exact) mass is 279 g/mol. The highest BCUT2D eigenvalue weighted by Crippen LogP contribution is 2.11. The van der Waals surface area contributed by atoms with E-state index >= 15 is 0 Å². The van der Waals surface area contributed by atoms with Crippen molar-refractivity contribution in [2.24, 2.45) is 0 Å². The Morgan fingerprint density at radius 1 is 1.22 bits per heavy atom. The lowest BCUT2D eigenvalue weighted by atomic mass is 10.3. The predicted octanol–water partition coefficient (Wildman–Crippen LogP) is -0.427. The van der Waals surface area contributed by atoms with Gasteiger partial charge in [-0.15, -0.1) is 0 Å². The zero-order chi connectivity index (χ0) is 13.6. The zero-order valence-corrected chi connectivity index (χ0v) is 12.2. The standard InChI is InChI=1S/C11H25N3O3S/c1-3-5-13-7-9-14(10-8-13)18(16,17)12(2)6-4-11-15/h15H,3-11H2,1-2H3. The van der Waals surface area contributed by atoms with Crippen LogP contribution < -0.4 is 0 Å². The van der Waals surface area contributed by atoms with Gasteiger partial charge >= 0.3 is 0 Å². The number of nitrogens with zero attached hydrogens (tertiary/aromatic N) is 3. The molecule has 0 amide bonds. The average molecular weight is 279 g/mol. The maximum atomic E-state index is 12.2. The molecule has 1 aliphatic heterocycles. The van der Waals surface area contributed by atoms with Crippen LogP contribution in [0.15, 0.2) is 0 Å². The lowest BCUT2D eigenvalue weighted by Crippen LogP contribution is -2.52. The Morgan fingerprint density at radius 3 is 2.33 bits per heavy atom. The van der Waals surface area contributed by atoms with Crippen molar-refractivity contribution in [1.82, 2.24) is 13.5 Å². The van der Waals surface area contributed by atoms with Gasteiger partial charge in [0.1, 0.15) is 0 Å². The summed E-state index contributed by atoms with van der Waals surface area (Å²) in [6, 6.07) is 0. The van der Waals surface area contributed by atoms with E-state index in [2.05, 4.69) is 11.8 Å². The third-order valence-corrected chi connectivity index (χ3v) is 5.21. The second-order valence-electron chi connectivity index (χ2n) is 4.65. The summed E-state index contributed by atoms with van der Waals surface area (Å²) >= 11 is 0. The molecule has 1 fully saturated rings. The third kappa shape index (κ3) is 4.17. The maximum absolute atomic E-state index is 12.2. The highest BCUT2D eigenvalue weighted by molar-refractivity contribution is 7.86. The van der Waals surface area contributed by atoms with Gasteiger partial charge in [-0.05, 0) is 19.4 Å². The van der Waals surface area contributed by atoms with E-state index in [9.17, 15) is 8.42 Å². The number of rotatable bonds is 7. The van der Waals surface area contributed by atoms with Crippen LogP contribution in [0.1, 0.15) is 19.8 Å². The molecule has 0 aromatic carbocycles. The molecule has 0 aromatic heterocycles. The molecule has 0 atom stereocenters. The molecule has 0 bridgehead atoms. The van der Waals surface area contributed by atoms with Gasteiger partial charge in [0, 0.05) is 46.4 Å². The van der Waals surface area contributed by atoms with E-state index in [1.165, 1.54) is 8.61 Å². The molecule has 108 valence electrons.